The fourth-order valence-corrected chi connectivity index (χ4v) is 3.57. The number of nitrogens with one attached hydrogen (secondary N) is 1. The molecule has 1 N–H and O–H groups in total. The zero-order chi connectivity index (χ0) is 19.5. The second-order valence-electron chi connectivity index (χ2n) is 7.72. The zero-order valence-electron chi connectivity index (χ0n) is 15.0. The Labute approximate surface area is 155 Å². The van der Waals surface area contributed by atoms with Gasteiger partial charge in [0.2, 0.25) is 23.6 Å². The SMILES string of the molecule is O=C(CC1CC(F)(F)C1)NCc1ccnc(OCC2CCC(F)(F)CC2)c1. The second-order valence-corrected chi connectivity index (χ2v) is 7.72. The van der Waals surface area contributed by atoms with Crippen molar-refractivity contribution in [1.29, 1.82) is 0 Å². The molecule has 0 spiro atoms. The van der Waals surface area contributed by atoms with Gasteiger partial charge in [-0.1, -0.05) is 0 Å². The van der Waals surface area contributed by atoms with E-state index < -0.39 is 11.8 Å². The Morgan fingerprint density at radius 2 is 1.85 bits per heavy atom. The van der Waals surface area contributed by atoms with Crippen LogP contribution in [0.5, 0.6) is 5.88 Å². The van der Waals surface area contributed by atoms with Crippen molar-refractivity contribution in [3.8, 4) is 5.88 Å². The molecule has 1 heterocycles. The average Bonchev–Trinajstić information content (AvgIpc) is 2.58. The van der Waals surface area contributed by atoms with Crippen molar-refractivity contribution in [1.82, 2.24) is 10.3 Å². The Balaban J connectivity index is 1.39. The highest BCUT2D eigenvalue weighted by Gasteiger charge is 2.45. The monoisotopic (exact) mass is 388 g/mol. The van der Waals surface area contributed by atoms with Crippen molar-refractivity contribution < 1.29 is 27.1 Å². The maximum absolute atomic E-state index is 13.2. The van der Waals surface area contributed by atoms with Crippen molar-refractivity contribution in [2.45, 2.75) is 63.3 Å². The summed E-state index contributed by atoms with van der Waals surface area (Å²) in [6.45, 7) is 0.602. The number of hydrogen-bond acceptors (Lipinski definition) is 3. The van der Waals surface area contributed by atoms with Crippen LogP contribution in [0.1, 0.15) is 50.5 Å². The van der Waals surface area contributed by atoms with Gasteiger partial charge in [0.15, 0.2) is 0 Å². The van der Waals surface area contributed by atoms with Crippen LogP contribution in [0, 0.1) is 11.8 Å². The molecule has 1 aromatic rings. The first-order valence-corrected chi connectivity index (χ1v) is 9.31. The highest BCUT2D eigenvalue weighted by atomic mass is 19.3. The first-order valence-electron chi connectivity index (χ1n) is 9.31. The van der Waals surface area contributed by atoms with E-state index in [1.807, 2.05) is 0 Å². The smallest absolute Gasteiger partial charge is 0.248 e. The van der Waals surface area contributed by atoms with E-state index in [2.05, 4.69) is 10.3 Å². The predicted molar refractivity (Wildman–Crippen MR) is 90.8 cm³/mol. The molecule has 0 unspecified atom stereocenters. The zero-order valence-corrected chi connectivity index (χ0v) is 15.0. The van der Waals surface area contributed by atoms with Crippen LogP contribution in [0.25, 0.3) is 0 Å². The van der Waals surface area contributed by atoms with E-state index in [9.17, 15) is 22.4 Å². The van der Waals surface area contributed by atoms with Gasteiger partial charge in [0.25, 0.3) is 0 Å². The number of alkyl halides is 4. The lowest BCUT2D eigenvalue weighted by molar-refractivity contribution is -0.133. The van der Waals surface area contributed by atoms with Crippen molar-refractivity contribution in [2.24, 2.45) is 11.8 Å². The number of aromatic nitrogens is 1. The molecule has 0 aromatic carbocycles. The third-order valence-corrected chi connectivity index (χ3v) is 5.24. The molecule has 0 radical (unpaired) electrons. The van der Waals surface area contributed by atoms with Gasteiger partial charge < -0.3 is 10.1 Å². The van der Waals surface area contributed by atoms with Gasteiger partial charge in [-0.15, -0.1) is 0 Å². The molecule has 2 saturated carbocycles. The maximum atomic E-state index is 13.2. The van der Waals surface area contributed by atoms with Gasteiger partial charge in [-0.05, 0) is 36.3 Å². The van der Waals surface area contributed by atoms with Crippen LogP contribution >= 0.6 is 0 Å². The number of pyridine rings is 1. The third kappa shape index (κ3) is 6.07. The standard InChI is InChI=1S/C19H24F4N2O2/c20-18(21)4-1-13(2-5-18)12-27-17-8-14(3-6-24-17)11-25-16(26)7-15-9-19(22,23)10-15/h3,6,8,13,15H,1-2,4-5,7,9-12H2,(H,25,26). The summed E-state index contributed by atoms with van der Waals surface area (Å²) in [5, 5.41) is 2.72. The molecule has 2 aliphatic rings. The largest absolute Gasteiger partial charge is 0.477 e. The number of nitrogens with zero attached hydrogens (tertiary/aromatic N) is 1. The maximum Gasteiger partial charge on any atom is 0.248 e. The molecular weight excluding hydrogens is 364 g/mol. The summed E-state index contributed by atoms with van der Waals surface area (Å²) in [7, 11) is 0. The van der Waals surface area contributed by atoms with Crippen molar-refractivity contribution in [3.63, 3.8) is 0 Å². The van der Waals surface area contributed by atoms with Crippen LogP contribution in [0.2, 0.25) is 0 Å². The van der Waals surface area contributed by atoms with Crippen LogP contribution in [0.4, 0.5) is 17.6 Å². The van der Waals surface area contributed by atoms with E-state index in [0.29, 0.717) is 25.3 Å². The first kappa shape index (κ1) is 19.9. The quantitative estimate of drug-likeness (QED) is 0.707. The minimum Gasteiger partial charge on any atom is -0.477 e. The number of hydrogen-bond donors (Lipinski definition) is 1. The summed E-state index contributed by atoms with van der Waals surface area (Å²) in [4.78, 5) is 15.9. The van der Waals surface area contributed by atoms with Gasteiger partial charge in [-0.25, -0.2) is 22.5 Å². The van der Waals surface area contributed by atoms with Crippen LogP contribution in [-0.4, -0.2) is 29.3 Å². The molecule has 0 saturated heterocycles. The van der Waals surface area contributed by atoms with Gasteiger partial charge in [-0.2, -0.15) is 0 Å². The average molecular weight is 388 g/mol. The predicted octanol–water partition coefficient (Wildman–Crippen LogP) is 4.34. The van der Waals surface area contributed by atoms with Crippen LogP contribution in [0.15, 0.2) is 18.3 Å². The number of ether oxygens (including phenoxy) is 1. The summed E-state index contributed by atoms with van der Waals surface area (Å²) < 4.78 is 57.5. The molecule has 150 valence electrons. The lowest BCUT2D eigenvalue weighted by Crippen LogP contribution is -2.38. The van der Waals surface area contributed by atoms with E-state index in [1.54, 1.807) is 18.3 Å². The van der Waals surface area contributed by atoms with E-state index in [4.69, 9.17) is 4.74 Å². The van der Waals surface area contributed by atoms with E-state index in [-0.39, 0.29) is 56.4 Å². The topological polar surface area (TPSA) is 51.2 Å². The fraction of sp³-hybridized carbons (Fsp3) is 0.684. The van der Waals surface area contributed by atoms with Gasteiger partial charge in [0.05, 0.1) is 6.61 Å². The van der Waals surface area contributed by atoms with E-state index in [0.717, 1.165) is 5.56 Å². The summed E-state index contributed by atoms with van der Waals surface area (Å²) in [5.74, 6) is -5.19. The lowest BCUT2D eigenvalue weighted by atomic mass is 9.79. The molecule has 2 fully saturated rings. The molecular formula is C19H24F4N2O2. The summed E-state index contributed by atoms with van der Waals surface area (Å²) in [5.41, 5.74) is 0.780. The molecule has 0 bridgehead atoms. The Hall–Kier alpha value is -1.86. The van der Waals surface area contributed by atoms with E-state index >= 15 is 0 Å². The molecule has 1 aromatic heterocycles. The third-order valence-electron chi connectivity index (χ3n) is 5.24. The van der Waals surface area contributed by atoms with Crippen molar-refractivity contribution in [3.05, 3.63) is 23.9 Å². The Morgan fingerprint density at radius 3 is 2.52 bits per heavy atom. The molecule has 4 nitrogen and oxygen atoms in total. The summed E-state index contributed by atoms with van der Waals surface area (Å²) >= 11 is 0. The molecule has 8 heteroatoms. The first-order chi connectivity index (χ1) is 12.7. The van der Waals surface area contributed by atoms with Crippen LogP contribution in [-0.2, 0) is 11.3 Å². The number of halogens is 4. The van der Waals surface area contributed by atoms with Crippen molar-refractivity contribution >= 4 is 5.91 Å². The minimum absolute atomic E-state index is 0.0930. The molecule has 1 amide bonds. The Bertz CT molecular complexity index is 651. The molecule has 0 atom stereocenters. The molecule has 0 aliphatic heterocycles. The van der Waals surface area contributed by atoms with E-state index in [1.165, 1.54) is 0 Å². The Kier molecular flexibility index (Phi) is 5.91. The van der Waals surface area contributed by atoms with Crippen LogP contribution in [0.3, 0.4) is 0 Å². The van der Waals surface area contributed by atoms with Gasteiger partial charge in [0.1, 0.15) is 0 Å². The number of rotatable bonds is 7. The normalized spacial score (nSPS) is 22.1. The highest BCUT2D eigenvalue weighted by Crippen LogP contribution is 2.43. The number of carbonyl (C=O) groups excluding carboxylic acids is 1. The molecule has 3 rings (SSSR count). The van der Waals surface area contributed by atoms with Gasteiger partial charge >= 0.3 is 0 Å². The lowest BCUT2D eigenvalue weighted by Gasteiger charge is -2.34. The van der Waals surface area contributed by atoms with Crippen LogP contribution < -0.4 is 10.1 Å². The van der Waals surface area contributed by atoms with Gasteiger partial charge in [-0.3, -0.25) is 4.79 Å². The number of amides is 1. The number of carbonyl (C=O) groups is 1. The van der Waals surface area contributed by atoms with Crippen molar-refractivity contribution in [2.75, 3.05) is 6.61 Å². The highest BCUT2D eigenvalue weighted by molar-refractivity contribution is 5.76. The summed E-state index contributed by atoms with van der Waals surface area (Å²) in [6, 6.07) is 3.42. The van der Waals surface area contributed by atoms with Gasteiger partial charge in [0, 0.05) is 50.9 Å². The minimum atomic E-state index is -2.61. The Morgan fingerprint density at radius 1 is 1.15 bits per heavy atom. The fourth-order valence-electron chi connectivity index (χ4n) is 3.57. The summed E-state index contributed by atoms with van der Waals surface area (Å²) in [6.07, 6.45) is 1.88. The molecule has 2 aliphatic carbocycles. The second kappa shape index (κ2) is 8.02. The molecule has 27 heavy (non-hydrogen) atoms.